The Hall–Kier alpha value is -2.70. The average Bonchev–Trinajstić information content (AvgIpc) is 2.91. The predicted molar refractivity (Wildman–Crippen MR) is 62.1 cm³/mol. The third-order valence-electron chi connectivity index (χ3n) is 2.22. The number of hydrogen-bond donors (Lipinski definition) is 2. The Morgan fingerprint density at radius 2 is 1.89 bits per heavy atom. The number of H-pyrrole nitrogens is 1. The van der Waals surface area contributed by atoms with Gasteiger partial charge in [-0.3, -0.25) is 10.1 Å². The molecule has 7 nitrogen and oxygen atoms in total. The maximum absolute atomic E-state index is 11.7. The highest BCUT2D eigenvalue weighted by Crippen LogP contribution is 2.07. The molecule has 92 valence electrons. The standard InChI is InChI=1S/C11H10N4O3/c1-18-10(17)8-4-2-7(3-5-8)9(16)14-11-12-6-13-15-11/h2-6H,1H3,(H2,12,13,14,15,16). The van der Waals surface area contributed by atoms with Crippen LogP contribution in [-0.4, -0.2) is 34.2 Å². The van der Waals surface area contributed by atoms with Gasteiger partial charge in [-0.1, -0.05) is 0 Å². The molecule has 0 bridgehead atoms. The van der Waals surface area contributed by atoms with Crippen molar-refractivity contribution >= 4 is 17.8 Å². The molecule has 7 heteroatoms. The fourth-order valence-electron chi connectivity index (χ4n) is 1.32. The molecule has 0 aliphatic carbocycles. The lowest BCUT2D eigenvalue weighted by Gasteiger charge is -2.02. The van der Waals surface area contributed by atoms with Gasteiger partial charge in [0, 0.05) is 5.56 Å². The Labute approximate surface area is 102 Å². The van der Waals surface area contributed by atoms with E-state index in [9.17, 15) is 9.59 Å². The first-order valence-corrected chi connectivity index (χ1v) is 5.06. The average molecular weight is 246 g/mol. The van der Waals surface area contributed by atoms with E-state index in [2.05, 4.69) is 25.2 Å². The topological polar surface area (TPSA) is 97.0 Å². The quantitative estimate of drug-likeness (QED) is 0.782. The van der Waals surface area contributed by atoms with Crippen molar-refractivity contribution in [3.63, 3.8) is 0 Å². The molecule has 0 aliphatic rings. The zero-order valence-corrected chi connectivity index (χ0v) is 9.51. The number of aromatic nitrogens is 3. The van der Waals surface area contributed by atoms with Gasteiger partial charge in [-0.2, -0.15) is 10.1 Å². The third kappa shape index (κ3) is 2.51. The van der Waals surface area contributed by atoms with Gasteiger partial charge in [0.1, 0.15) is 6.33 Å². The summed E-state index contributed by atoms with van der Waals surface area (Å²) >= 11 is 0. The smallest absolute Gasteiger partial charge is 0.337 e. The van der Waals surface area contributed by atoms with Crippen molar-refractivity contribution < 1.29 is 14.3 Å². The molecule has 1 aromatic heterocycles. The summed E-state index contributed by atoms with van der Waals surface area (Å²) in [6.45, 7) is 0. The summed E-state index contributed by atoms with van der Waals surface area (Å²) in [4.78, 5) is 26.7. The molecule has 0 spiro atoms. The first-order chi connectivity index (χ1) is 8.70. The van der Waals surface area contributed by atoms with Crippen LogP contribution < -0.4 is 5.32 Å². The summed E-state index contributed by atoms with van der Waals surface area (Å²) in [7, 11) is 1.30. The van der Waals surface area contributed by atoms with Crippen LogP contribution >= 0.6 is 0 Å². The number of aromatic amines is 1. The van der Waals surface area contributed by atoms with Crippen molar-refractivity contribution in [3.8, 4) is 0 Å². The van der Waals surface area contributed by atoms with Crippen LogP contribution in [-0.2, 0) is 4.74 Å². The Bertz CT molecular complexity index is 548. The van der Waals surface area contributed by atoms with E-state index in [-0.39, 0.29) is 11.9 Å². The van der Waals surface area contributed by atoms with Gasteiger partial charge in [-0.05, 0) is 24.3 Å². The zero-order chi connectivity index (χ0) is 13.0. The maximum Gasteiger partial charge on any atom is 0.337 e. The molecule has 0 unspecified atom stereocenters. The van der Waals surface area contributed by atoms with Crippen LogP contribution in [0.25, 0.3) is 0 Å². The molecular weight excluding hydrogens is 236 g/mol. The molecule has 2 aromatic rings. The van der Waals surface area contributed by atoms with Gasteiger partial charge >= 0.3 is 5.97 Å². The van der Waals surface area contributed by atoms with Crippen molar-refractivity contribution in [2.75, 3.05) is 12.4 Å². The van der Waals surface area contributed by atoms with E-state index in [0.29, 0.717) is 11.1 Å². The number of benzene rings is 1. The van der Waals surface area contributed by atoms with Crippen molar-refractivity contribution in [2.45, 2.75) is 0 Å². The first kappa shape index (κ1) is 11.8. The second-order valence-electron chi connectivity index (χ2n) is 3.36. The Morgan fingerprint density at radius 3 is 2.44 bits per heavy atom. The predicted octanol–water partition coefficient (Wildman–Crippen LogP) is 0.844. The van der Waals surface area contributed by atoms with Crippen LogP contribution in [0.5, 0.6) is 0 Å². The molecule has 1 aromatic carbocycles. The van der Waals surface area contributed by atoms with E-state index in [1.54, 1.807) is 0 Å². The third-order valence-corrected chi connectivity index (χ3v) is 2.22. The highest BCUT2D eigenvalue weighted by Gasteiger charge is 2.09. The van der Waals surface area contributed by atoms with E-state index in [1.165, 1.54) is 37.7 Å². The van der Waals surface area contributed by atoms with E-state index in [0.717, 1.165) is 0 Å². The zero-order valence-electron chi connectivity index (χ0n) is 9.51. The van der Waals surface area contributed by atoms with Gasteiger partial charge in [0.15, 0.2) is 0 Å². The van der Waals surface area contributed by atoms with E-state index >= 15 is 0 Å². The van der Waals surface area contributed by atoms with Gasteiger partial charge in [-0.25, -0.2) is 9.89 Å². The van der Waals surface area contributed by atoms with Gasteiger partial charge in [0.2, 0.25) is 5.95 Å². The monoisotopic (exact) mass is 246 g/mol. The van der Waals surface area contributed by atoms with Gasteiger partial charge in [0.05, 0.1) is 12.7 Å². The molecule has 2 N–H and O–H groups in total. The van der Waals surface area contributed by atoms with Gasteiger partial charge in [0.25, 0.3) is 5.91 Å². The van der Waals surface area contributed by atoms with Crippen LogP contribution in [0.3, 0.4) is 0 Å². The Morgan fingerprint density at radius 1 is 1.22 bits per heavy atom. The van der Waals surface area contributed by atoms with E-state index in [4.69, 9.17) is 0 Å². The fraction of sp³-hybridized carbons (Fsp3) is 0.0909. The van der Waals surface area contributed by atoms with E-state index in [1.807, 2.05) is 0 Å². The van der Waals surface area contributed by atoms with Crippen LogP contribution in [0.4, 0.5) is 5.95 Å². The number of nitrogens with zero attached hydrogens (tertiary/aromatic N) is 2. The molecule has 0 atom stereocenters. The number of nitrogens with one attached hydrogen (secondary N) is 2. The lowest BCUT2D eigenvalue weighted by Crippen LogP contribution is -2.13. The minimum atomic E-state index is -0.447. The maximum atomic E-state index is 11.7. The first-order valence-electron chi connectivity index (χ1n) is 5.06. The number of carbonyl (C=O) groups is 2. The lowest BCUT2D eigenvalue weighted by molar-refractivity contribution is 0.0600. The van der Waals surface area contributed by atoms with Crippen LogP contribution in [0.2, 0.25) is 0 Å². The Kier molecular flexibility index (Phi) is 3.33. The van der Waals surface area contributed by atoms with E-state index < -0.39 is 5.97 Å². The van der Waals surface area contributed by atoms with Gasteiger partial charge < -0.3 is 4.74 Å². The van der Waals surface area contributed by atoms with Crippen molar-refractivity contribution in [1.82, 2.24) is 15.2 Å². The minimum absolute atomic E-state index is 0.261. The van der Waals surface area contributed by atoms with Gasteiger partial charge in [-0.15, -0.1) is 0 Å². The number of ether oxygens (including phenoxy) is 1. The molecule has 0 aliphatic heterocycles. The molecule has 0 radical (unpaired) electrons. The molecule has 18 heavy (non-hydrogen) atoms. The molecule has 0 saturated carbocycles. The minimum Gasteiger partial charge on any atom is -0.465 e. The SMILES string of the molecule is COC(=O)c1ccc(C(=O)Nc2ncn[nH]2)cc1. The number of carbonyl (C=O) groups excluding carboxylic acids is 2. The summed E-state index contributed by atoms with van der Waals surface area (Å²) in [5.74, 6) is -0.530. The normalized spacial score (nSPS) is 9.83. The number of esters is 1. The molecular formula is C11H10N4O3. The summed E-state index contributed by atoms with van der Waals surface area (Å²) in [5.41, 5.74) is 0.785. The largest absolute Gasteiger partial charge is 0.465 e. The number of rotatable bonds is 3. The van der Waals surface area contributed by atoms with Crippen LogP contribution in [0.15, 0.2) is 30.6 Å². The highest BCUT2D eigenvalue weighted by atomic mass is 16.5. The number of methoxy groups -OCH3 is 1. The number of anilines is 1. The van der Waals surface area contributed by atoms with Crippen molar-refractivity contribution in [3.05, 3.63) is 41.7 Å². The summed E-state index contributed by atoms with van der Waals surface area (Å²) in [6.07, 6.45) is 1.29. The van der Waals surface area contributed by atoms with Crippen LogP contribution in [0.1, 0.15) is 20.7 Å². The molecule has 1 heterocycles. The molecule has 0 fully saturated rings. The summed E-state index contributed by atoms with van der Waals surface area (Å²) in [6, 6.07) is 6.08. The Balaban J connectivity index is 2.09. The second-order valence-corrected chi connectivity index (χ2v) is 3.36. The summed E-state index contributed by atoms with van der Waals surface area (Å²) in [5, 5.41) is 8.63. The highest BCUT2D eigenvalue weighted by molar-refractivity contribution is 6.03. The molecule has 0 saturated heterocycles. The van der Waals surface area contributed by atoms with Crippen molar-refractivity contribution in [1.29, 1.82) is 0 Å². The van der Waals surface area contributed by atoms with Crippen LogP contribution in [0, 0.1) is 0 Å². The molecule has 2 rings (SSSR count). The second kappa shape index (κ2) is 5.09. The number of amides is 1. The fourth-order valence-corrected chi connectivity index (χ4v) is 1.32. The van der Waals surface area contributed by atoms with Crippen molar-refractivity contribution in [2.24, 2.45) is 0 Å². The summed E-state index contributed by atoms with van der Waals surface area (Å²) < 4.78 is 4.56. The molecule has 1 amide bonds. The number of hydrogen-bond acceptors (Lipinski definition) is 5. The lowest BCUT2D eigenvalue weighted by atomic mass is 10.1.